The van der Waals surface area contributed by atoms with E-state index in [0.29, 0.717) is 24.5 Å². The van der Waals surface area contributed by atoms with Gasteiger partial charge in [0.25, 0.3) is 5.91 Å². The van der Waals surface area contributed by atoms with E-state index >= 15 is 0 Å². The molecule has 0 atom stereocenters. The summed E-state index contributed by atoms with van der Waals surface area (Å²) in [4.78, 5) is 17.3. The number of piperazine rings is 1. The summed E-state index contributed by atoms with van der Waals surface area (Å²) in [5.41, 5.74) is 2.61. The van der Waals surface area contributed by atoms with Crippen LogP contribution in [0.3, 0.4) is 0 Å². The first kappa shape index (κ1) is 18.7. The van der Waals surface area contributed by atoms with Gasteiger partial charge >= 0.3 is 0 Å². The molecule has 8 heteroatoms. The predicted molar refractivity (Wildman–Crippen MR) is 111 cm³/mol. The van der Waals surface area contributed by atoms with Gasteiger partial charge in [-0.2, -0.15) is 5.10 Å². The predicted octanol–water partition coefficient (Wildman–Crippen LogP) is 2.27. The molecular formula is C22H24N4O4. The number of amides is 1. The molecule has 0 N–H and O–H groups in total. The zero-order chi connectivity index (χ0) is 20.7. The Labute approximate surface area is 174 Å². The highest BCUT2D eigenvalue weighted by Crippen LogP contribution is 2.33. The van der Waals surface area contributed by atoms with Crippen LogP contribution in [0.5, 0.6) is 17.4 Å². The monoisotopic (exact) mass is 408 g/mol. The number of carbonyl (C=O) groups excluding carboxylic acids is 1. The fraction of sp³-hybridized carbons (Fsp3) is 0.364. The Morgan fingerprint density at radius 1 is 1.07 bits per heavy atom. The van der Waals surface area contributed by atoms with Crippen LogP contribution in [-0.4, -0.2) is 65.6 Å². The third-order valence-electron chi connectivity index (χ3n) is 5.72. The van der Waals surface area contributed by atoms with Gasteiger partial charge in [0.1, 0.15) is 0 Å². The Balaban J connectivity index is 1.23. The maximum Gasteiger partial charge on any atom is 0.254 e. The standard InChI is InChI=1S/C22H24N4O4/c1-24-22(28-2)17-5-4-16(12-18(17)23-24)21(27)26-9-7-25(8-10-26)13-15-3-6-19-20(11-15)30-14-29-19/h3-6,11-12H,7-10,13-14H2,1-2H3. The highest BCUT2D eigenvalue weighted by atomic mass is 16.7. The van der Waals surface area contributed by atoms with Crippen LogP contribution in [0.25, 0.3) is 10.9 Å². The van der Waals surface area contributed by atoms with Crippen molar-refractivity contribution in [1.29, 1.82) is 0 Å². The largest absolute Gasteiger partial charge is 0.481 e. The fourth-order valence-corrected chi connectivity index (χ4v) is 4.14. The summed E-state index contributed by atoms with van der Waals surface area (Å²) < 4.78 is 17.9. The lowest BCUT2D eigenvalue weighted by Gasteiger charge is -2.34. The van der Waals surface area contributed by atoms with Gasteiger partial charge in [0.2, 0.25) is 12.7 Å². The van der Waals surface area contributed by atoms with E-state index in [0.717, 1.165) is 42.0 Å². The van der Waals surface area contributed by atoms with Crippen molar-refractivity contribution in [2.24, 2.45) is 7.05 Å². The van der Waals surface area contributed by atoms with E-state index in [1.807, 2.05) is 42.3 Å². The lowest BCUT2D eigenvalue weighted by Crippen LogP contribution is -2.48. The molecule has 2 aliphatic heterocycles. The average molecular weight is 408 g/mol. The lowest BCUT2D eigenvalue weighted by molar-refractivity contribution is 0.0628. The molecule has 0 radical (unpaired) electrons. The minimum Gasteiger partial charge on any atom is -0.481 e. The number of hydrogen-bond donors (Lipinski definition) is 0. The SMILES string of the molecule is COc1c2ccc(C(=O)N3CCN(Cc4ccc5c(c4)OCO5)CC3)cc2nn1C. The summed E-state index contributed by atoms with van der Waals surface area (Å²) in [6, 6.07) is 11.7. The average Bonchev–Trinajstić information content (AvgIpc) is 3.35. The van der Waals surface area contributed by atoms with Gasteiger partial charge in [-0.25, -0.2) is 4.68 Å². The van der Waals surface area contributed by atoms with E-state index in [9.17, 15) is 4.79 Å². The normalized spacial score (nSPS) is 16.3. The topological polar surface area (TPSA) is 69.1 Å². The molecule has 0 saturated carbocycles. The van der Waals surface area contributed by atoms with Crippen LogP contribution in [0.2, 0.25) is 0 Å². The van der Waals surface area contributed by atoms with Gasteiger partial charge in [0, 0.05) is 45.3 Å². The first-order valence-electron chi connectivity index (χ1n) is 10.0. The minimum atomic E-state index is 0.0456. The van der Waals surface area contributed by atoms with E-state index in [1.165, 1.54) is 5.56 Å². The molecule has 0 aliphatic carbocycles. The van der Waals surface area contributed by atoms with Crippen LogP contribution in [0.15, 0.2) is 36.4 Å². The van der Waals surface area contributed by atoms with Crippen LogP contribution in [-0.2, 0) is 13.6 Å². The van der Waals surface area contributed by atoms with E-state index < -0.39 is 0 Å². The zero-order valence-electron chi connectivity index (χ0n) is 17.1. The Bertz CT molecular complexity index is 1100. The Morgan fingerprint density at radius 2 is 1.87 bits per heavy atom. The Kier molecular flexibility index (Phi) is 4.71. The van der Waals surface area contributed by atoms with Crippen LogP contribution in [0.1, 0.15) is 15.9 Å². The van der Waals surface area contributed by atoms with E-state index in [2.05, 4.69) is 16.1 Å². The molecule has 3 aromatic rings. The second-order valence-corrected chi connectivity index (χ2v) is 7.62. The van der Waals surface area contributed by atoms with Gasteiger partial charge in [0.15, 0.2) is 11.5 Å². The maximum atomic E-state index is 13.0. The zero-order valence-corrected chi connectivity index (χ0v) is 17.1. The summed E-state index contributed by atoms with van der Waals surface area (Å²) in [6.07, 6.45) is 0. The number of aryl methyl sites for hydroxylation is 1. The molecule has 8 nitrogen and oxygen atoms in total. The fourth-order valence-electron chi connectivity index (χ4n) is 4.14. The van der Waals surface area contributed by atoms with Crippen LogP contribution in [0, 0.1) is 0 Å². The molecule has 1 amide bonds. The van der Waals surface area contributed by atoms with Crippen molar-refractivity contribution in [2.45, 2.75) is 6.54 Å². The number of rotatable bonds is 4. The third kappa shape index (κ3) is 3.33. The van der Waals surface area contributed by atoms with Crippen molar-refractivity contribution in [3.05, 3.63) is 47.5 Å². The molecule has 0 bridgehead atoms. The highest BCUT2D eigenvalue weighted by molar-refractivity contribution is 5.98. The molecule has 1 aromatic heterocycles. The first-order chi connectivity index (χ1) is 14.6. The molecule has 2 aliphatic rings. The van der Waals surface area contributed by atoms with Crippen molar-refractivity contribution < 1.29 is 19.0 Å². The number of fused-ring (bicyclic) bond motifs is 2. The second-order valence-electron chi connectivity index (χ2n) is 7.62. The number of benzene rings is 2. The molecular weight excluding hydrogens is 384 g/mol. The molecule has 156 valence electrons. The summed E-state index contributed by atoms with van der Waals surface area (Å²) in [5.74, 6) is 2.35. The number of ether oxygens (including phenoxy) is 3. The van der Waals surface area contributed by atoms with Gasteiger partial charge in [-0.05, 0) is 35.9 Å². The Hall–Kier alpha value is -3.26. The molecule has 30 heavy (non-hydrogen) atoms. The molecule has 1 saturated heterocycles. The molecule has 1 fully saturated rings. The molecule has 5 rings (SSSR count). The highest BCUT2D eigenvalue weighted by Gasteiger charge is 2.24. The smallest absolute Gasteiger partial charge is 0.254 e. The second kappa shape index (κ2) is 7.53. The van der Waals surface area contributed by atoms with Crippen LogP contribution < -0.4 is 14.2 Å². The van der Waals surface area contributed by atoms with E-state index in [4.69, 9.17) is 14.2 Å². The molecule has 0 unspecified atom stereocenters. The van der Waals surface area contributed by atoms with Crippen molar-refractivity contribution in [3.63, 3.8) is 0 Å². The third-order valence-corrected chi connectivity index (χ3v) is 5.72. The maximum absolute atomic E-state index is 13.0. The van der Waals surface area contributed by atoms with Gasteiger partial charge < -0.3 is 19.1 Å². The van der Waals surface area contributed by atoms with E-state index in [1.54, 1.807) is 11.8 Å². The summed E-state index contributed by atoms with van der Waals surface area (Å²) in [5, 5.41) is 5.36. The molecule has 2 aromatic carbocycles. The number of nitrogens with zero attached hydrogens (tertiary/aromatic N) is 4. The summed E-state index contributed by atoms with van der Waals surface area (Å²) in [6.45, 7) is 4.19. The van der Waals surface area contributed by atoms with E-state index in [-0.39, 0.29) is 12.7 Å². The number of carbonyl (C=O) groups is 1. The molecule has 3 heterocycles. The van der Waals surface area contributed by atoms with Gasteiger partial charge in [-0.15, -0.1) is 0 Å². The number of hydrogen-bond acceptors (Lipinski definition) is 6. The minimum absolute atomic E-state index is 0.0456. The first-order valence-corrected chi connectivity index (χ1v) is 10.0. The van der Waals surface area contributed by atoms with Gasteiger partial charge in [-0.1, -0.05) is 6.07 Å². The lowest BCUT2D eigenvalue weighted by atomic mass is 10.1. The summed E-state index contributed by atoms with van der Waals surface area (Å²) >= 11 is 0. The summed E-state index contributed by atoms with van der Waals surface area (Å²) in [7, 11) is 3.46. The van der Waals surface area contributed by atoms with Crippen molar-refractivity contribution in [3.8, 4) is 17.4 Å². The number of aromatic nitrogens is 2. The molecule has 0 spiro atoms. The number of methoxy groups -OCH3 is 1. The Morgan fingerprint density at radius 3 is 2.67 bits per heavy atom. The van der Waals surface area contributed by atoms with Crippen molar-refractivity contribution in [1.82, 2.24) is 19.6 Å². The van der Waals surface area contributed by atoms with Crippen molar-refractivity contribution in [2.75, 3.05) is 40.1 Å². The van der Waals surface area contributed by atoms with Gasteiger partial charge in [-0.3, -0.25) is 9.69 Å². The van der Waals surface area contributed by atoms with Crippen molar-refractivity contribution >= 4 is 16.8 Å². The van der Waals surface area contributed by atoms with Gasteiger partial charge in [0.05, 0.1) is 18.0 Å². The quantitative estimate of drug-likeness (QED) is 0.660. The van der Waals surface area contributed by atoms with Crippen LogP contribution in [0.4, 0.5) is 0 Å². The van der Waals surface area contributed by atoms with Crippen LogP contribution >= 0.6 is 0 Å².